The third kappa shape index (κ3) is 3.58. The first-order valence-electron chi connectivity index (χ1n) is 6.55. The van der Waals surface area contributed by atoms with Crippen LogP contribution in [-0.4, -0.2) is 34.7 Å². The molecule has 1 heterocycles. The number of rotatable bonds is 6. The second-order valence-corrected chi connectivity index (χ2v) is 6.01. The summed E-state index contributed by atoms with van der Waals surface area (Å²) >= 11 is 7.44. The summed E-state index contributed by atoms with van der Waals surface area (Å²) in [4.78, 5) is 6.68. The average Bonchev–Trinajstić information content (AvgIpc) is 2.95. The molecule has 3 nitrogen and oxygen atoms in total. The van der Waals surface area contributed by atoms with Crippen LogP contribution in [0.4, 0.5) is 0 Å². The molecule has 0 aliphatic carbocycles. The second kappa shape index (κ2) is 7.18. The lowest BCUT2D eigenvalue weighted by molar-refractivity contribution is 0.154. The molecule has 1 N–H and O–H groups in total. The molecule has 0 saturated heterocycles. The summed E-state index contributed by atoms with van der Waals surface area (Å²) in [5.74, 6) is 0.445. The van der Waals surface area contributed by atoms with Gasteiger partial charge < -0.3 is 5.11 Å². The van der Waals surface area contributed by atoms with Crippen molar-refractivity contribution in [3.63, 3.8) is 0 Å². The predicted molar refractivity (Wildman–Crippen MR) is 85.1 cm³/mol. The normalized spacial score (nSPS) is 12.8. The fourth-order valence-corrected chi connectivity index (χ4v) is 3.03. The minimum atomic E-state index is 0.137. The molecule has 0 aliphatic rings. The Morgan fingerprint density at radius 2 is 2.15 bits per heavy atom. The molecule has 108 valence electrons. The van der Waals surface area contributed by atoms with E-state index in [0.717, 1.165) is 22.8 Å². The van der Waals surface area contributed by atoms with Gasteiger partial charge in [0.05, 0.1) is 18.2 Å². The largest absolute Gasteiger partial charge is 0.395 e. The molecule has 0 amide bonds. The van der Waals surface area contributed by atoms with Crippen LogP contribution in [0, 0.1) is 0 Å². The van der Waals surface area contributed by atoms with Crippen molar-refractivity contribution < 1.29 is 5.11 Å². The Balaban J connectivity index is 2.26. The number of nitrogens with zero attached hydrogens (tertiary/aromatic N) is 2. The van der Waals surface area contributed by atoms with Gasteiger partial charge >= 0.3 is 0 Å². The van der Waals surface area contributed by atoms with Crippen LogP contribution in [0.5, 0.6) is 0 Å². The van der Waals surface area contributed by atoms with Crippen molar-refractivity contribution in [2.45, 2.75) is 25.4 Å². The van der Waals surface area contributed by atoms with Crippen LogP contribution in [-0.2, 0) is 12.4 Å². The molecular formula is C15H19ClN2OS. The Kier molecular flexibility index (Phi) is 5.54. The van der Waals surface area contributed by atoms with Gasteiger partial charge in [0.1, 0.15) is 5.01 Å². The van der Waals surface area contributed by atoms with Gasteiger partial charge in [-0.3, -0.25) is 4.90 Å². The van der Waals surface area contributed by atoms with E-state index in [1.807, 2.05) is 31.5 Å². The van der Waals surface area contributed by atoms with Crippen LogP contribution in [0.2, 0.25) is 0 Å². The fourth-order valence-electron chi connectivity index (χ4n) is 1.92. The maximum absolute atomic E-state index is 9.24. The number of hydrogen-bond acceptors (Lipinski definition) is 4. The van der Waals surface area contributed by atoms with Crippen molar-refractivity contribution in [1.29, 1.82) is 0 Å². The van der Waals surface area contributed by atoms with Gasteiger partial charge in [-0.25, -0.2) is 4.98 Å². The van der Waals surface area contributed by atoms with E-state index in [-0.39, 0.29) is 12.6 Å². The fraction of sp³-hybridized carbons (Fsp3) is 0.400. The van der Waals surface area contributed by atoms with Gasteiger partial charge in [-0.05, 0) is 19.5 Å². The average molecular weight is 311 g/mol. The smallest absolute Gasteiger partial charge is 0.123 e. The zero-order chi connectivity index (χ0) is 14.5. The first kappa shape index (κ1) is 15.4. The third-order valence-corrected chi connectivity index (χ3v) is 4.57. The zero-order valence-corrected chi connectivity index (χ0v) is 13.3. The number of thiazole rings is 1. The lowest BCUT2D eigenvalue weighted by atomic mass is 10.1. The van der Waals surface area contributed by atoms with Crippen LogP contribution < -0.4 is 0 Å². The molecule has 1 unspecified atom stereocenters. The number of alkyl halides is 1. The Morgan fingerprint density at radius 3 is 2.80 bits per heavy atom. The molecule has 20 heavy (non-hydrogen) atoms. The van der Waals surface area contributed by atoms with E-state index in [2.05, 4.69) is 22.0 Å². The summed E-state index contributed by atoms with van der Waals surface area (Å²) < 4.78 is 0. The first-order chi connectivity index (χ1) is 9.65. The molecule has 1 aromatic carbocycles. The van der Waals surface area contributed by atoms with Gasteiger partial charge in [0, 0.05) is 23.5 Å². The van der Waals surface area contributed by atoms with Crippen molar-refractivity contribution in [2.24, 2.45) is 0 Å². The minimum absolute atomic E-state index is 0.137. The zero-order valence-electron chi connectivity index (χ0n) is 11.7. The highest BCUT2D eigenvalue weighted by Crippen LogP contribution is 2.28. The van der Waals surface area contributed by atoms with E-state index in [0.29, 0.717) is 5.88 Å². The standard InChI is InChI=1S/C15H19ClN2OS/c1-11(9-19)18(2)8-12-5-3-4-6-14(12)15-17-13(7-16)10-20-15/h3-6,10-11,19H,7-9H2,1-2H3. The lowest BCUT2D eigenvalue weighted by Crippen LogP contribution is -2.31. The van der Waals surface area contributed by atoms with Gasteiger partial charge in [0.25, 0.3) is 0 Å². The number of benzene rings is 1. The van der Waals surface area contributed by atoms with E-state index in [4.69, 9.17) is 11.6 Å². The molecule has 2 rings (SSSR count). The van der Waals surface area contributed by atoms with Gasteiger partial charge in [0.15, 0.2) is 0 Å². The third-order valence-electron chi connectivity index (χ3n) is 3.37. The molecule has 5 heteroatoms. The van der Waals surface area contributed by atoms with Crippen LogP contribution in [0.15, 0.2) is 29.6 Å². The van der Waals surface area contributed by atoms with Crippen molar-refractivity contribution in [2.75, 3.05) is 13.7 Å². The van der Waals surface area contributed by atoms with Crippen LogP contribution in [0.1, 0.15) is 18.2 Å². The first-order valence-corrected chi connectivity index (χ1v) is 7.97. The number of aliphatic hydroxyl groups is 1. The lowest BCUT2D eigenvalue weighted by Gasteiger charge is -2.23. The maximum Gasteiger partial charge on any atom is 0.123 e. The molecular weight excluding hydrogens is 292 g/mol. The topological polar surface area (TPSA) is 36.4 Å². The van der Waals surface area contributed by atoms with Gasteiger partial charge in [-0.2, -0.15) is 0 Å². The maximum atomic E-state index is 9.24. The summed E-state index contributed by atoms with van der Waals surface area (Å²) in [7, 11) is 2.02. The van der Waals surface area contributed by atoms with Crippen molar-refractivity contribution >= 4 is 22.9 Å². The number of aromatic nitrogens is 1. The Hall–Kier alpha value is -0.940. The highest BCUT2D eigenvalue weighted by atomic mass is 35.5. The molecule has 1 atom stereocenters. The molecule has 0 radical (unpaired) electrons. The Morgan fingerprint density at radius 1 is 1.40 bits per heavy atom. The molecule has 2 aromatic rings. The van der Waals surface area contributed by atoms with Crippen molar-refractivity contribution in [1.82, 2.24) is 9.88 Å². The summed E-state index contributed by atoms with van der Waals surface area (Å²) in [5, 5.41) is 12.2. The van der Waals surface area contributed by atoms with E-state index in [1.54, 1.807) is 11.3 Å². The number of aliphatic hydroxyl groups excluding tert-OH is 1. The van der Waals surface area contributed by atoms with Gasteiger partial charge in [-0.15, -0.1) is 22.9 Å². The SMILES string of the molecule is CC(CO)N(C)Cc1ccccc1-c1nc(CCl)cs1. The number of likely N-dealkylation sites (N-methyl/N-ethyl adjacent to an activating group) is 1. The van der Waals surface area contributed by atoms with Gasteiger partial charge in [-0.1, -0.05) is 24.3 Å². The monoisotopic (exact) mass is 310 g/mol. The second-order valence-electron chi connectivity index (χ2n) is 4.88. The molecule has 0 fully saturated rings. The van der Waals surface area contributed by atoms with Crippen molar-refractivity contribution in [3.05, 3.63) is 40.9 Å². The summed E-state index contributed by atoms with van der Waals surface area (Å²) in [6.07, 6.45) is 0. The minimum Gasteiger partial charge on any atom is -0.395 e. The van der Waals surface area contributed by atoms with Gasteiger partial charge in [0.2, 0.25) is 0 Å². The highest BCUT2D eigenvalue weighted by Gasteiger charge is 2.13. The molecule has 0 bridgehead atoms. The van der Waals surface area contributed by atoms with E-state index in [9.17, 15) is 5.11 Å². The van der Waals surface area contributed by atoms with Crippen LogP contribution in [0.3, 0.4) is 0 Å². The molecule has 0 aliphatic heterocycles. The van der Waals surface area contributed by atoms with Crippen LogP contribution >= 0.6 is 22.9 Å². The quantitative estimate of drug-likeness (QED) is 0.831. The van der Waals surface area contributed by atoms with E-state index < -0.39 is 0 Å². The highest BCUT2D eigenvalue weighted by molar-refractivity contribution is 7.13. The van der Waals surface area contributed by atoms with E-state index >= 15 is 0 Å². The predicted octanol–water partition coefficient (Wildman–Crippen LogP) is 3.36. The van der Waals surface area contributed by atoms with E-state index in [1.165, 1.54) is 5.56 Å². The summed E-state index contributed by atoms with van der Waals surface area (Å²) in [6, 6.07) is 8.39. The Bertz CT molecular complexity index is 558. The molecule has 1 aromatic heterocycles. The molecule has 0 spiro atoms. The van der Waals surface area contributed by atoms with Crippen LogP contribution in [0.25, 0.3) is 10.6 Å². The van der Waals surface area contributed by atoms with Crippen molar-refractivity contribution in [3.8, 4) is 10.6 Å². The number of hydrogen-bond donors (Lipinski definition) is 1. The number of halogens is 1. The summed E-state index contributed by atoms with van der Waals surface area (Å²) in [5.41, 5.74) is 3.27. The Labute approximate surface area is 128 Å². The summed E-state index contributed by atoms with van der Waals surface area (Å²) in [6.45, 7) is 2.96. The molecule has 0 saturated carbocycles.